The lowest BCUT2D eigenvalue weighted by molar-refractivity contribution is -0.146. The van der Waals surface area contributed by atoms with E-state index in [1.54, 1.807) is 0 Å². The minimum Gasteiger partial charge on any atom is -0.465 e. The number of carbonyl (C=O) groups is 2. The van der Waals surface area contributed by atoms with E-state index in [1.807, 2.05) is 30.3 Å². The van der Waals surface area contributed by atoms with Crippen LogP contribution >= 0.6 is 7.75 Å². The van der Waals surface area contributed by atoms with Gasteiger partial charge in [-0.3, -0.25) is 18.4 Å². The number of carbonyl (C=O) groups excluding carboxylic acids is 2. The van der Waals surface area contributed by atoms with Crippen molar-refractivity contribution in [3.05, 3.63) is 48.3 Å². The third kappa shape index (κ3) is 17.8. The lowest BCUT2D eigenvalue weighted by Gasteiger charge is -2.30. The maximum atomic E-state index is 14.8. The third-order valence-corrected chi connectivity index (χ3v) is 13.0. The number of terminal acetylenes is 1. The van der Waals surface area contributed by atoms with Gasteiger partial charge in [-0.25, -0.2) is 19.4 Å². The Balaban J connectivity index is 1.42. The molecule has 1 aliphatic heterocycles. The summed E-state index contributed by atoms with van der Waals surface area (Å²) in [4.78, 5) is 38.2. The molecule has 3 aromatic rings. The zero-order valence-corrected chi connectivity index (χ0v) is 39.0. The molecular weight excluding hydrogens is 843 g/mol. The summed E-state index contributed by atoms with van der Waals surface area (Å²) in [6.07, 6.45) is 26.0. The van der Waals surface area contributed by atoms with E-state index < -0.39 is 63.0 Å². The number of anilines is 1. The average Bonchev–Trinajstić information content (AvgIpc) is 3.86. The number of rotatable bonds is 34. The molecule has 15 nitrogen and oxygen atoms in total. The fraction of sp³-hybridized carbons (Fsp3) is 0.681. The zero-order chi connectivity index (χ0) is 46.0. The predicted molar refractivity (Wildman–Crippen MR) is 244 cm³/mol. The van der Waals surface area contributed by atoms with Gasteiger partial charge < -0.3 is 25.1 Å². The molecule has 17 heteroatoms. The van der Waals surface area contributed by atoms with E-state index >= 15 is 0 Å². The van der Waals surface area contributed by atoms with E-state index in [2.05, 4.69) is 39.8 Å². The molecule has 5 atom stereocenters. The summed E-state index contributed by atoms with van der Waals surface area (Å²) in [5.41, 5.74) is 4.76. The van der Waals surface area contributed by atoms with Crippen molar-refractivity contribution in [1.82, 2.24) is 24.6 Å². The van der Waals surface area contributed by atoms with Crippen molar-refractivity contribution in [3.63, 3.8) is 0 Å². The summed E-state index contributed by atoms with van der Waals surface area (Å²) in [5.74, 6) is 0.753. The number of nitrogens with two attached hydrogens (primary N) is 1. The van der Waals surface area contributed by atoms with Crippen molar-refractivity contribution in [2.24, 2.45) is 0 Å². The number of aliphatic hydroxyl groups excluding tert-OH is 1. The quantitative estimate of drug-likeness (QED) is 0.0168. The van der Waals surface area contributed by atoms with Crippen LogP contribution in [-0.4, -0.2) is 80.7 Å². The van der Waals surface area contributed by atoms with Gasteiger partial charge in [0.1, 0.15) is 25.0 Å². The van der Waals surface area contributed by atoms with Crippen molar-refractivity contribution in [3.8, 4) is 12.3 Å². The first-order chi connectivity index (χ1) is 31.0. The topological polar surface area (TPSA) is 199 Å². The third-order valence-electron chi connectivity index (χ3n) is 11.5. The van der Waals surface area contributed by atoms with Gasteiger partial charge in [0, 0.05) is 6.42 Å². The van der Waals surface area contributed by atoms with Gasteiger partial charge >= 0.3 is 25.8 Å². The number of ether oxygens (including phenoxy) is 3. The molecule has 3 heterocycles. The van der Waals surface area contributed by atoms with E-state index in [0.29, 0.717) is 12.8 Å². The standard InChI is InChI=1S/C47H72FN6O9P/c1-4-7-9-11-13-15-17-19-21-26-30-59-41(56)34-61-64(58,62-35-47(6-3)39(55)33-40(63-47)54-36-50-42-43(49)51-46(48)52-44(42)54)53-38(32-37-28-24-23-25-29-37)45(57)60-31-27-22-20-18-16-14-12-10-8-5-2/h3,23-25,28-29,36,38-40,55H,4-5,7-22,26-27,30-35H2,1-2H3,(H,53,58)(H2,49,51,52)/t38-,39-,40+,47+,64?/m0/s1. The van der Waals surface area contributed by atoms with Gasteiger partial charge in [-0.05, 0) is 24.8 Å². The Labute approximate surface area is 379 Å². The number of benzene rings is 1. The van der Waals surface area contributed by atoms with Crippen LogP contribution in [0.4, 0.5) is 10.2 Å². The number of imidazole rings is 1. The van der Waals surface area contributed by atoms with Gasteiger partial charge in [0.05, 0.1) is 19.5 Å². The van der Waals surface area contributed by atoms with E-state index in [1.165, 1.54) is 87.9 Å². The molecule has 1 aromatic carbocycles. The normalized spacial score (nSPS) is 18.7. The fourth-order valence-electron chi connectivity index (χ4n) is 7.68. The number of nitrogen functional groups attached to an aromatic ring is 1. The molecule has 0 spiro atoms. The highest BCUT2D eigenvalue weighted by Crippen LogP contribution is 2.48. The molecule has 0 saturated carbocycles. The second kappa shape index (κ2) is 28.8. The van der Waals surface area contributed by atoms with E-state index in [4.69, 9.17) is 35.4 Å². The summed E-state index contributed by atoms with van der Waals surface area (Å²) in [5, 5.41) is 14.0. The molecule has 2 aromatic heterocycles. The van der Waals surface area contributed by atoms with Gasteiger partial charge in [-0.2, -0.15) is 14.4 Å². The summed E-state index contributed by atoms with van der Waals surface area (Å²) >= 11 is 0. The average molecular weight is 915 g/mol. The molecule has 4 rings (SSSR count). The number of esters is 2. The lowest BCUT2D eigenvalue weighted by atomic mass is 9.99. The van der Waals surface area contributed by atoms with Crippen LogP contribution in [-0.2, 0) is 43.8 Å². The molecular formula is C47H72FN6O9P. The Morgan fingerprint density at radius 2 is 1.47 bits per heavy atom. The van der Waals surface area contributed by atoms with Crippen LogP contribution in [0.3, 0.4) is 0 Å². The van der Waals surface area contributed by atoms with Crippen LogP contribution in [0.5, 0.6) is 0 Å². The number of aliphatic hydroxyl groups is 1. The van der Waals surface area contributed by atoms with E-state index in [-0.39, 0.29) is 43.0 Å². The minimum atomic E-state index is -4.67. The molecule has 0 bridgehead atoms. The van der Waals surface area contributed by atoms with Crippen molar-refractivity contribution in [2.45, 2.75) is 179 Å². The smallest absolute Gasteiger partial charge is 0.406 e. The molecule has 4 N–H and O–H groups in total. The highest BCUT2D eigenvalue weighted by Gasteiger charge is 2.50. The van der Waals surface area contributed by atoms with Crippen LogP contribution in [0.2, 0.25) is 0 Å². The second-order valence-corrected chi connectivity index (χ2v) is 18.5. The van der Waals surface area contributed by atoms with E-state index in [0.717, 1.165) is 44.1 Å². The summed E-state index contributed by atoms with van der Waals surface area (Å²) in [6.45, 7) is 3.23. The number of halogens is 1. The summed E-state index contributed by atoms with van der Waals surface area (Å²) in [7, 11) is -4.67. The van der Waals surface area contributed by atoms with Gasteiger partial charge in [-0.15, -0.1) is 6.42 Å². The molecule has 1 saturated heterocycles. The Bertz CT molecular complexity index is 1920. The number of unbranched alkanes of at least 4 members (excludes halogenated alkanes) is 18. The van der Waals surface area contributed by atoms with Crippen molar-refractivity contribution < 1.29 is 46.9 Å². The van der Waals surface area contributed by atoms with Gasteiger partial charge in [0.25, 0.3) is 0 Å². The lowest BCUT2D eigenvalue weighted by Crippen LogP contribution is -2.44. The highest BCUT2D eigenvalue weighted by atomic mass is 31.2. The largest absolute Gasteiger partial charge is 0.465 e. The second-order valence-electron chi connectivity index (χ2n) is 16.7. The maximum absolute atomic E-state index is 14.8. The number of hydrogen-bond donors (Lipinski definition) is 3. The Morgan fingerprint density at radius 3 is 2.05 bits per heavy atom. The molecule has 356 valence electrons. The molecule has 1 fully saturated rings. The number of nitrogens with zero attached hydrogens (tertiary/aromatic N) is 4. The van der Waals surface area contributed by atoms with Crippen LogP contribution in [0.1, 0.15) is 160 Å². The summed E-state index contributed by atoms with van der Waals surface area (Å²) in [6, 6.07) is 7.81. The summed E-state index contributed by atoms with van der Waals surface area (Å²) < 4.78 is 59.2. The van der Waals surface area contributed by atoms with Crippen LogP contribution in [0.15, 0.2) is 36.7 Å². The number of fused-ring (bicyclic) bond motifs is 1. The van der Waals surface area contributed by atoms with Crippen LogP contribution in [0, 0.1) is 18.4 Å². The number of hydrogen-bond acceptors (Lipinski definition) is 13. The fourth-order valence-corrected chi connectivity index (χ4v) is 9.12. The van der Waals surface area contributed by atoms with Gasteiger partial charge in [-0.1, -0.05) is 166 Å². The molecule has 64 heavy (non-hydrogen) atoms. The Kier molecular flexibility index (Phi) is 23.7. The van der Waals surface area contributed by atoms with Gasteiger partial charge in [0.2, 0.25) is 0 Å². The van der Waals surface area contributed by atoms with Gasteiger partial charge in [0.15, 0.2) is 29.2 Å². The monoisotopic (exact) mass is 915 g/mol. The van der Waals surface area contributed by atoms with Crippen LogP contribution < -0.4 is 10.8 Å². The molecule has 1 unspecified atom stereocenters. The first-order valence-corrected chi connectivity index (χ1v) is 25.1. The number of aromatic nitrogens is 4. The Morgan fingerprint density at radius 1 is 0.906 bits per heavy atom. The zero-order valence-electron chi connectivity index (χ0n) is 38.1. The molecule has 0 amide bonds. The minimum absolute atomic E-state index is 0.00278. The maximum Gasteiger partial charge on any atom is 0.406 e. The molecule has 0 aliphatic carbocycles. The van der Waals surface area contributed by atoms with Crippen molar-refractivity contribution >= 4 is 36.7 Å². The Hall–Kier alpha value is -3.97. The SMILES string of the molecule is C#C[C@]1(COP(=O)(N[C@@H](Cc2ccccc2)C(=O)OCCCCCCCCCCCC)OCC(=O)OCCCCCCCCCCCC)O[C@@H](n2cnc3c(N)nc(F)nc32)C[C@@H]1O. The molecule has 0 radical (unpaired) electrons. The van der Waals surface area contributed by atoms with Crippen molar-refractivity contribution in [1.29, 1.82) is 0 Å². The van der Waals surface area contributed by atoms with Crippen LogP contribution in [0.25, 0.3) is 11.2 Å². The first-order valence-electron chi connectivity index (χ1n) is 23.5. The predicted octanol–water partition coefficient (Wildman–Crippen LogP) is 9.47. The number of nitrogens with one attached hydrogen (secondary N) is 1. The highest BCUT2D eigenvalue weighted by molar-refractivity contribution is 7.51. The molecule has 1 aliphatic rings. The van der Waals surface area contributed by atoms with E-state index in [9.17, 15) is 23.7 Å². The van der Waals surface area contributed by atoms with Crippen molar-refractivity contribution in [2.75, 3.05) is 32.2 Å². The first kappa shape index (κ1) is 52.7.